The van der Waals surface area contributed by atoms with Gasteiger partial charge in [-0.2, -0.15) is 4.31 Å². The molecule has 0 amide bonds. The molecule has 1 heterocycles. The second-order valence-electron chi connectivity index (χ2n) is 6.88. The standard InChI is InChI=1S/C20H23FN2O3S/c1-15-3-8-19(16(2)13-15)20(24)14-22-9-11-23(12-10-22)27(25,26)18-6-4-17(21)5-7-18/h3-8,13H,9-12,14H2,1-2H3. The zero-order valence-electron chi connectivity index (χ0n) is 15.5. The summed E-state index contributed by atoms with van der Waals surface area (Å²) >= 11 is 0. The maximum absolute atomic E-state index is 13.0. The Morgan fingerprint density at radius 1 is 1.00 bits per heavy atom. The number of nitrogens with zero attached hydrogens (tertiary/aromatic N) is 2. The van der Waals surface area contributed by atoms with Crippen molar-refractivity contribution in [2.75, 3.05) is 32.7 Å². The molecule has 0 aromatic heterocycles. The highest BCUT2D eigenvalue weighted by atomic mass is 32.2. The van der Waals surface area contributed by atoms with Crippen LogP contribution in [0.3, 0.4) is 0 Å². The number of sulfonamides is 1. The van der Waals surface area contributed by atoms with E-state index in [0.29, 0.717) is 31.7 Å². The average molecular weight is 390 g/mol. The van der Waals surface area contributed by atoms with E-state index in [2.05, 4.69) is 0 Å². The molecular weight excluding hydrogens is 367 g/mol. The highest BCUT2D eigenvalue weighted by molar-refractivity contribution is 7.89. The summed E-state index contributed by atoms with van der Waals surface area (Å²) in [6.07, 6.45) is 0. The van der Waals surface area contributed by atoms with Gasteiger partial charge in [-0.15, -0.1) is 0 Å². The summed E-state index contributed by atoms with van der Waals surface area (Å²) in [5.41, 5.74) is 2.78. The Kier molecular flexibility index (Phi) is 5.74. The lowest BCUT2D eigenvalue weighted by atomic mass is 10.0. The molecule has 1 saturated heterocycles. The maximum Gasteiger partial charge on any atom is 0.243 e. The maximum atomic E-state index is 13.0. The normalized spacial score (nSPS) is 16.4. The van der Waals surface area contributed by atoms with Crippen molar-refractivity contribution in [3.63, 3.8) is 0 Å². The van der Waals surface area contributed by atoms with Gasteiger partial charge in [0, 0.05) is 31.7 Å². The van der Waals surface area contributed by atoms with Gasteiger partial charge in [0.1, 0.15) is 5.82 Å². The number of Topliss-reactive ketones (excluding diaryl/α,β-unsaturated/α-hetero) is 1. The van der Waals surface area contributed by atoms with E-state index in [1.165, 1.54) is 16.4 Å². The van der Waals surface area contributed by atoms with Crippen LogP contribution in [0.25, 0.3) is 0 Å². The lowest BCUT2D eigenvalue weighted by Gasteiger charge is -2.33. The number of hydrogen-bond donors (Lipinski definition) is 0. The molecule has 3 rings (SSSR count). The number of benzene rings is 2. The summed E-state index contributed by atoms with van der Waals surface area (Å²) < 4.78 is 39.7. The van der Waals surface area contributed by atoms with Crippen LogP contribution in [-0.2, 0) is 10.0 Å². The number of halogens is 1. The predicted octanol–water partition coefficient (Wildman–Crippen LogP) is 2.63. The lowest BCUT2D eigenvalue weighted by Crippen LogP contribution is -2.49. The van der Waals surface area contributed by atoms with E-state index >= 15 is 0 Å². The van der Waals surface area contributed by atoms with Crippen molar-refractivity contribution in [1.82, 2.24) is 9.21 Å². The number of hydrogen-bond acceptors (Lipinski definition) is 4. The van der Waals surface area contributed by atoms with Crippen LogP contribution in [0.4, 0.5) is 4.39 Å². The zero-order valence-corrected chi connectivity index (χ0v) is 16.3. The highest BCUT2D eigenvalue weighted by Crippen LogP contribution is 2.19. The zero-order chi connectivity index (χ0) is 19.6. The van der Waals surface area contributed by atoms with E-state index in [9.17, 15) is 17.6 Å². The quantitative estimate of drug-likeness (QED) is 0.737. The van der Waals surface area contributed by atoms with Gasteiger partial charge in [-0.3, -0.25) is 9.69 Å². The van der Waals surface area contributed by atoms with Gasteiger partial charge in [-0.25, -0.2) is 12.8 Å². The van der Waals surface area contributed by atoms with E-state index in [-0.39, 0.29) is 17.2 Å². The molecule has 2 aromatic rings. The fourth-order valence-electron chi connectivity index (χ4n) is 3.30. The van der Waals surface area contributed by atoms with E-state index in [0.717, 1.165) is 23.3 Å². The molecule has 1 fully saturated rings. The third kappa shape index (κ3) is 4.43. The largest absolute Gasteiger partial charge is 0.293 e. The summed E-state index contributed by atoms with van der Waals surface area (Å²) in [5, 5.41) is 0. The van der Waals surface area contributed by atoms with Gasteiger partial charge in [0.25, 0.3) is 0 Å². The third-order valence-corrected chi connectivity index (χ3v) is 6.75. The van der Waals surface area contributed by atoms with Crippen molar-refractivity contribution in [2.45, 2.75) is 18.7 Å². The molecular formula is C20H23FN2O3S. The Morgan fingerprint density at radius 2 is 1.63 bits per heavy atom. The molecule has 7 heteroatoms. The van der Waals surface area contributed by atoms with Crippen LogP contribution in [0.5, 0.6) is 0 Å². The Labute approximate surface area is 159 Å². The number of aryl methyl sites for hydroxylation is 2. The van der Waals surface area contributed by atoms with Gasteiger partial charge in [0.2, 0.25) is 10.0 Å². The van der Waals surface area contributed by atoms with Crippen LogP contribution in [0.15, 0.2) is 47.4 Å². The summed E-state index contributed by atoms with van der Waals surface area (Å²) in [6, 6.07) is 10.6. The number of rotatable bonds is 5. The van der Waals surface area contributed by atoms with E-state index < -0.39 is 15.8 Å². The molecule has 0 atom stereocenters. The first-order valence-electron chi connectivity index (χ1n) is 8.86. The minimum atomic E-state index is -3.64. The van der Waals surface area contributed by atoms with Crippen molar-refractivity contribution < 1.29 is 17.6 Å². The molecule has 144 valence electrons. The van der Waals surface area contributed by atoms with Crippen molar-refractivity contribution >= 4 is 15.8 Å². The van der Waals surface area contributed by atoms with Gasteiger partial charge < -0.3 is 0 Å². The molecule has 0 N–H and O–H groups in total. The second kappa shape index (κ2) is 7.88. The first-order valence-corrected chi connectivity index (χ1v) is 10.3. The van der Waals surface area contributed by atoms with Gasteiger partial charge in [-0.1, -0.05) is 23.8 Å². The van der Waals surface area contributed by atoms with Crippen LogP contribution >= 0.6 is 0 Å². The fourth-order valence-corrected chi connectivity index (χ4v) is 4.72. The van der Waals surface area contributed by atoms with Crippen LogP contribution in [0, 0.1) is 19.7 Å². The van der Waals surface area contributed by atoms with Crippen molar-refractivity contribution in [1.29, 1.82) is 0 Å². The minimum Gasteiger partial charge on any atom is -0.293 e. The van der Waals surface area contributed by atoms with Crippen LogP contribution in [-0.4, -0.2) is 56.1 Å². The monoisotopic (exact) mass is 390 g/mol. The molecule has 0 unspecified atom stereocenters. The molecule has 1 aliphatic heterocycles. The van der Waals surface area contributed by atoms with Gasteiger partial charge >= 0.3 is 0 Å². The lowest BCUT2D eigenvalue weighted by molar-refractivity contribution is 0.0901. The molecule has 27 heavy (non-hydrogen) atoms. The Morgan fingerprint density at radius 3 is 2.22 bits per heavy atom. The highest BCUT2D eigenvalue weighted by Gasteiger charge is 2.29. The Hall–Kier alpha value is -2.09. The minimum absolute atomic E-state index is 0.0438. The fraction of sp³-hybridized carbons (Fsp3) is 0.350. The predicted molar refractivity (Wildman–Crippen MR) is 102 cm³/mol. The van der Waals surface area contributed by atoms with Crippen molar-refractivity contribution in [3.8, 4) is 0 Å². The molecule has 1 aliphatic rings. The van der Waals surface area contributed by atoms with Crippen molar-refractivity contribution in [2.24, 2.45) is 0 Å². The number of carbonyl (C=O) groups is 1. The number of ketones is 1. The average Bonchev–Trinajstić information content (AvgIpc) is 2.62. The topological polar surface area (TPSA) is 57.7 Å². The van der Waals surface area contributed by atoms with Crippen LogP contribution < -0.4 is 0 Å². The third-order valence-electron chi connectivity index (χ3n) is 4.83. The summed E-state index contributed by atoms with van der Waals surface area (Å²) in [6.45, 7) is 5.76. The van der Waals surface area contributed by atoms with Gasteiger partial charge in [-0.05, 0) is 43.7 Å². The first-order chi connectivity index (χ1) is 12.8. The van der Waals surface area contributed by atoms with E-state index in [1.807, 2.05) is 36.9 Å². The summed E-state index contributed by atoms with van der Waals surface area (Å²) in [4.78, 5) is 14.6. The molecule has 0 bridgehead atoms. The second-order valence-corrected chi connectivity index (χ2v) is 8.81. The molecule has 0 spiro atoms. The molecule has 0 saturated carbocycles. The SMILES string of the molecule is Cc1ccc(C(=O)CN2CCN(S(=O)(=O)c3ccc(F)cc3)CC2)c(C)c1. The number of carbonyl (C=O) groups excluding carboxylic acids is 1. The Balaban J connectivity index is 1.61. The molecule has 0 radical (unpaired) electrons. The summed E-state index contributed by atoms with van der Waals surface area (Å²) in [5.74, 6) is -0.425. The van der Waals surface area contributed by atoms with Gasteiger partial charge in [0.15, 0.2) is 5.78 Å². The summed E-state index contributed by atoms with van der Waals surface area (Å²) in [7, 11) is -3.64. The Bertz CT molecular complexity index is 934. The van der Waals surface area contributed by atoms with E-state index in [1.54, 1.807) is 0 Å². The van der Waals surface area contributed by atoms with Crippen molar-refractivity contribution in [3.05, 3.63) is 65.0 Å². The van der Waals surface area contributed by atoms with E-state index in [4.69, 9.17) is 0 Å². The molecule has 0 aliphatic carbocycles. The number of piperazine rings is 1. The first kappa shape index (κ1) is 19.7. The smallest absolute Gasteiger partial charge is 0.243 e. The molecule has 2 aromatic carbocycles. The van der Waals surface area contributed by atoms with Crippen LogP contribution in [0.2, 0.25) is 0 Å². The molecule has 5 nitrogen and oxygen atoms in total. The van der Waals surface area contributed by atoms with Gasteiger partial charge in [0.05, 0.1) is 11.4 Å². The van der Waals surface area contributed by atoms with Crippen LogP contribution in [0.1, 0.15) is 21.5 Å².